The van der Waals surface area contributed by atoms with Crippen LogP contribution in [0, 0.1) is 0 Å². The highest BCUT2D eigenvalue weighted by Gasteiger charge is 2.37. The van der Waals surface area contributed by atoms with Crippen LogP contribution in [0.4, 0.5) is 16.6 Å². The molecule has 4 heterocycles. The number of carbonyl (C=O) groups is 3. The summed E-state index contributed by atoms with van der Waals surface area (Å²) in [5, 5.41) is 17.5. The lowest BCUT2D eigenvalue weighted by Crippen LogP contribution is -2.56. The number of rotatable bonds is 10. The van der Waals surface area contributed by atoms with E-state index < -0.39 is 29.7 Å². The Kier molecular flexibility index (Phi) is 10.2. The van der Waals surface area contributed by atoms with Crippen LogP contribution in [-0.2, 0) is 27.2 Å². The van der Waals surface area contributed by atoms with Crippen molar-refractivity contribution in [1.29, 1.82) is 0 Å². The predicted molar refractivity (Wildman–Crippen MR) is 170 cm³/mol. The van der Waals surface area contributed by atoms with Crippen LogP contribution in [0.1, 0.15) is 62.2 Å². The number of methoxy groups -OCH3 is 1. The van der Waals surface area contributed by atoms with Gasteiger partial charge in [-0.2, -0.15) is 4.98 Å². The fourth-order valence-corrected chi connectivity index (χ4v) is 5.81. The number of aliphatic hydroxyl groups is 1. The second-order valence-corrected chi connectivity index (χ2v) is 13.0. The number of aromatic nitrogens is 2. The zero-order chi connectivity index (χ0) is 33.0. The molecule has 46 heavy (non-hydrogen) atoms. The van der Waals surface area contributed by atoms with Gasteiger partial charge in [-0.25, -0.2) is 9.78 Å². The first-order valence-corrected chi connectivity index (χ1v) is 15.8. The summed E-state index contributed by atoms with van der Waals surface area (Å²) in [5.74, 6) is 1.12. The largest absolute Gasteiger partial charge is 0.468 e. The standard InChI is InChI=1S/C32H45N7O7/c1-20(40)38-17-23(18-38)34-28-14-25(35-30(36-28)37-10-6-7-11-37)29(42)33-15-27(41)26-13-21-8-9-24(45-19-44-5)12-22(21)16-39(26)31(43)46-32(2,3)4/h8-9,12,14,23,26-27,41H,6-7,10-11,13,15-19H2,1-5H3,(H,33,42)(H,34,35,36)/t26-,27+/m0/s1. The molecule has 2 atom stereocenters. The smallest absolute Gasteiger partial charge is 0.410 e. The number of amides is 3. The number of aliphatic hydroxyl groups excluding tert-OH is 1. The van der Waals surface area contributed by atoms with Gasteiger partial charge in [0.1, 0.15) is 22.9 Å². The van der Waals surface area contributed by atoms with Gasteiger partial charge in [-0.3, -0.25) is 14.5 Å². The zero-order valence-electron chi connectivity index (χ0n) is 27.2. The number of carbonyl (C=O) groups excluding carboxylic acids is 3. The van der Waals surface area contributed by atoms with Gasteiger partial charge in [-0.1, -0.05) is 6.07 Å². The van der Waals surface area contributed by atoms with Crippen molar-refractivity contribution in [2.45, 2.75) is 77.3 Å². The molecule has 1 aromatic heterocycles. The van der Waals surface area contributed by atoms with E-state index in [9.17, 15) is 19.5 Å². The van der Waals surface area contributed by atoms with E-state index in [-0.39, 0.29) is 37.5 Å². The van der Waals surface area contributed by atoms with Crippen LogP contribution >= 0.6 is 0 Å². The molecule has 0 unspecified atom stereocenters. The highest BCUT2D eigenvalue weighted by molar-refractivity contribution is 5.93. The van der Waals surface area contributed by atoms with Crippen LogP contribution in [0.3, 0.4) is 0 Å². The zero-order valence-corrected chi connectivity index (χ0v) is 27.2. The number of nitrogens with one attached hydrogen (secondary N) is 2. The van der Waals surface area contributed by atoms with Gasteiger partial charge < -0.3 is 39.8 Å². The van der Waals surface area contributed by atoms with Crippen LogP contribution in [0.5, 0.6) is 5.75 Å². The van der Waals surface area contributed by atoms with E-state index in [1.54, 1.807) is 38.8 Å². The van der Waals surface area contributed by atoms with Crippen molar-refractivity contribution < 1.29 is 33.7 Å². The Balaban J connectivity index is 1.30. The maximum atomic E-state index is 13.4. The fraction of sp³-hybridized carbons (Fsp3) is 0.594. The van der Waals surface area contributed by atoms with Crippen LogP contribution in [0.2, 0.25) is 0 Å². The van der Waals surface area contributed by atoms with Gasteiger partial charge >= 0.3 is 6.09 Å². The molecule has 3 aliphatic heterocycles. The first-order valence-electron chi connectivity index (χ1n) is 15.8. The van der Waals surface area contributed by atoms with Crippen molar-refractivity contribution in [2.75, 3.05) is 56.8 Å². The Hall–Kier alpha value is -4.17. The molecule has 2 saturated heterocycles. The molecule has 5 rings (SSSR count). The Morgan fingerprint density at radius 2 is 1.83 bits per heavy atom. The number of ether oxygens (including phenoxy) is 3. The van der Waals surface area contributed by atoms with Gasteiger partial charge in [-0.15, -0.1) is 0 Å². The molecule has 0 saturated carbocycles. The molecular weight excluding hydrogens is 594 g/mol. The number of benzene rings is 1. The molecule has 0 spiro atoms. The van der Waals surface area contributed by atoms with E-state index in [1.165, 1.54) is 11.8 Å². The second kappa shape index (κ2) is 14.1. The Bertz CT molecular complexity index is 1420. The summed E-state index contributed by atoms with van der Waals surface area (Å²) in [6.07, 6.45) is 0.739. The summed E-state index contributed by atoms with van der Waals surface area (Å²) in [4.78, 5) is 52.9. The van der Waals surface area contributed by atoms with Crippen molar-refractivity contribution in [2.24, 2.45) is 0 Å². The molecular formula is C32H45N7O7. The highest BCUT2D eigenvalue weighted by atomic mass is 16.7. The molecule has 250 valence electrons. The van der Waals surface area contributed by atoms with Crippen molar-refractivity contribution in [3.8, 4) is 5.75 Å². The number of likely N-dealkylation sites (tertiary alicyclic amines) is 1. The van der Waals surface area contributed by atoms with Crippen LogP contribution in [0.15, 0.2) is 24.3 Å². The summed E-state index contributed by atoms with van der Waals surface area (Å²) in [6, 6.07) is 6.56. The molecule has 3 N–H and O–H groups in total. The molecule has 0 aliphatic carbocycles. The second-order valence-electron chi connectivity index (χ2n) is 13.0. The number of hydrogen-bond acceptors (Lipinski definition) is 11. The quantitative estimate of drug-likeness (QED) is 0.327. The van der Waals surface area contributed by atoms with Gasteiger partial charge in [0.25, 0.3) is 5.91 Å². The number of nitrogens with zero attached hydrogens (tertiary/aromatic N) is 5. The minimum absolute atomic E-state index is 0.0182. The van der Waals surface area contributed by atoms with Gasteiger partial charge in [0, 0.05) is 59.4 Å². The summed E-state index contributed by atoms with van der Waals surface area (Å²) >= 11 is 0. The molecule has 3 amide bonds. The molecule has 2 fully saturated rings. The molecule has 1 aromatic carbocycles. The Labute approximate surface area is 269 Å². The first kappa shape index (κ1) is 33.2. The van der Waals surface area contributed by atoms with Crippen molar-refractivity contribution >= 4 is 29.7 Å². The Morgan fingerprint density at radius 1 is 1.09 bits per heavy atom. The van der Waals surface area contributed by atoms with Crippen LogP contribution in [-0.4, -0.2) is 113 Å². The van der Waals surface area contributed by atoms with Gasteiger partial charge in [0.15, 0.2) is 6.79 Å². The number of fused-ring (bicyclic) bond motifs is 1. The minimum Gasteiger partial charge on any atom is -0.468 e. The predicted octanol–water partition coefficient (Wildman–Crippen LogP) is 2.15. The maximum Gasteiger partial charge on any atom is 0.410 e. The topological polar surface area (TPSA) is 159 Å². The van der Waals surface area contributed by atoms with E-state index in [0.717, 1.165) is 37.1 Å². The van der Waals surface area contributed by atoms with Gasteiger partial charge in [0.2, 0.25) is 11.9 Å². The molecule has 14 heteroatoms. The maximum absolute atomic E-state index is 13.4. The van der Waals surface area contributed by atoms with E-state index in [4.69, 9.17) is 14.2 Å². The average molecular weight is 640 g/mol. The Morgan fingerprint density at radius 3 is 2.50 bits per heavy atom. The molecule has 2 aromatic rings. The third-order valence-electron chi connectivity index (χ3n) is 8.25. The molecule has 0 bridgehead atoms. The van der Waals surface area contributed by atoms with Gasteiger partial charge in [0.05, 0.1) is 18.2 Å². The summed E-state index contributed by atoms with van der Waals surface area (Å²) in [7, 11) is 1.54. The summed E-state index contributed by atoms with van der Waals surface area (Å²) < 4.78 is 16.3. The monoisotopic (exact) mass is 639 g/mol. The highest BCUT2D eigenvalue weighted by Crippen LogP contribution is 2.30. The lowest BCUT2D eigenvalue weighted by atomic mass is 9.91. The lowest BCUT2D eigenvalue weighted by Gasteiger charge is -2.40. The first-order chi connectivity index (χ1) is 21.9. The minimum atomic E-state index is -1.10. The third-order valence-corrected chi connectivity index (χ3v) is 8.25. The number of hydrogen-bond donors (Lipinski definition) is 3. The normalized spacial score (nSPS) is 18.8. The fourth-order valence-electron chi connectivity index (χ4n) is 5.81. The van der Waals surface area contributed by atoms with Crippen molar-refractivity contribution in [3.05, 3.63) is 41.1 Å². The number of anilines is 2. The van der Waals surface area contributed by atoms with Crippen molar-refractivity contribution in [3.63, 3.8) is 0 Å². The van der Waals surface area contributed by atoms with E-state index in [1.807, 2.05) is 23.1 Å². The van der Waals surface area contributed by atoms with E-state index in [0.29, 0.717) is 37.0 Å². The summed E-state index contributed by atoms with van der Waals surface area (Å²) in [6.45, 7) is 9.81. The van der Waals surface area contributed by atoms with Crippen molar-refractivity contribution in [1.82, 2.24) is 25.1 Å². The third kappa shape index (κ3) is 8.15. The molecule has 3 aliphatic rings. The van der Waals surface area contributed by atoms with Crippen LogP contribution in [0.25, 0.3) is 0 Å². The molecule has 0 radical (unpaired) electrons. The van der Waals surface area contributed by atoms with Gasteiger partial charge in [-0.05, 0) is 63.3 Å². The van der Waals surface area contributed by atoms with E-state index in [2.05, 4.69) is 20.6 Å². The van der Waals surface area contributed by atoms with E-state index >= 15 is 0 Å². The van der Waals surface area contributed by atoms with Crippen LogP contribution < -0.4 is 20.3 Å². The molecule has 14 nitrogen and oxygen atoms in total. The average Bonchev–Trinajstić information content (AvgIpc) is 3.53. The lowest BCUT2D eigenvalue weighted by molar-refractivity contribution is -0.132. The summed E-state index contributed by atoms with van der Waals surface area (Å²) in [5.41, 5.74) is 1.26. The SMILES string of the molecule is COCOc1ccc2c(c1)CN(C(=O)OC(C)(C)C)[C@H]([C@H](O)CNC(=O)c1cc(NC3CN(C(C)=O)C3)nc(N3CCCC3)n1)C2.